The first-order valence-corrected chi connectivity index (χ1v) is 30.2. The van der Waals surface area contributed by atoms with Gasteiger partial charge in [-0.05, 0) is 75.1 Å². The molecule has 2 aliphatic heterocycles. The first-order valence-electron chi connectivity index (χ1n) is 29.1. The molecule has 16 N–H and O–H groups in total. The van der Waals surface area contributed by atoms with Crippen molar-refractivity contribution in [2.45, 2.75) is 170 Å². The molecule has 0 radical (unpaired) electrons. The van der Waals surface area contributed by atoms with Crippen LogP contribution in [0.5, 0.6) is 0 Å². The molecule has 2 aromatic rings. The van der Waals surface area contributed by atoms with E-state index >= 15 is 0 Å². The van der Waals surface area contributed by atoms with E-state index in [2.05, 4.69) is 37.2 Å². The van der Waals surface area contributed by atoms with Gasteiger partial charge < -0.3 is 78.7 Å². The van der Waals surface area contributed by atoms with Gasteiger partial charge in [-0.15, -0.1) is 11.8 Å². The third-order valence-corrected chi connectivity index (χ3v) is 16.0. The second kappa shape index (κ2) is 36.6. The van der Waals surface area contributed by atoms with E-state index in [9.17, 15) is 93.3 Å². The summed E-state index contributed by atoms with van der Waals surface area (Å²) in [6.07, 6.45) is -5.97. The number of nitrogens with zero attached hydrogens (tertiary/aromatic N) is 2. The molecule has 2 aliphatic rings. The van der Waals surface area contributed by atoms with E-state index in [1.807, 2.05) is 0 Å². The summed E-state index contributed by atoms with van der Waals surface area (Å²) < 4.78 is 0. The van der Waals surface area contributed by atoms with Crippen LogP contribution >= 0.6 is 11.8 Å². The van der Waals surface area contributed by atoms with Gasteiger partial charge in [-0.25, -0.2) is 4.79 Å². The van der Waals surface area contributed by atoms with E-state index in [1.54, 1.807) is 79.4 Å². The Labute approximate surface area is 513 Å². The maximum Gasteiger partial charge on any atom is 0.326 e. The molecule has 30 heteroatoms. The first kappa shape index (κ1) is 72.9. The molecule has 0 aliphatic carbocycles. The number of unbranched alkanes of at least 4 members (excludes halogenated alkanes) is 2. The lowest BCUT2D eigenvalue weighted by molar-refractivity contribution is -0.145. The molecule has 0 bridgehead atoms. The Morgan fingerprint density at radius 3 is 1.59 bits per heavy atom. The van der Waals surface area contributed by atoms with Crippen molar-refractivity contribution in [2.24, 2.45) is 11.7 Å². The lowest BCUT2D eigenvalue weighted by Gasteiger charge is -2.43. The number of aliphatic carboxylic acids is 3. The van der Waals surface area contributed by atoms with Crippen molar-refractivity contribution >= 4 is 82.8 Å². The molecule has 29 nitrogen and oxygen atoms in total. The normalized spacial score (nSPS) is 20.1. The molecular formula is C58H84N10O19S. The number of hydrogen-bond donors (Lipinski definition) is 15. The highest BCUT2D eigenvalue weighted by atomic mass is 32.2. The SMILES string of the molecule is CC(=O)NC(CSC1CC(=O)N(CCCCN2C[C@H](O)[C@@H](O)[C@@H](O)[C@H]2CO)C1=O)C(=O)NC(Cc1ccccc1)C(=O)NC(Cc1ccccc1)C(=O)NC(CCCCN)C(=O)NC(CC(=O)O)C(=O)NC(CCC(=O)O)C(=O)NC(CC(C)C)C(=O)O. The number of piperidine rings is 1. The molecule has 0 aromatic heterocycles. The molecule has 486 valence electrons. The predicted molar refractivity (Wildman–Crippen MR) is 316 cm³/mol. The van der Waals surface area contributed by atoms with Gasteiger partial charge >= 0.3 is 17.9 Å². The summed E-state index contributed by atoms with van der Waals surface area (Å²) >= 11 is 0.932. The van der Waals surface area contributed by atoms with Gasteiger partial charge in [0, 0.05) is 51.4 Å². The zero-order chi connectivity index (χ0) is 65.2. The van der Waals surface area contributed by atoms with Crippen LogP contribution in [0.4, 0.5) is 0 Å². The lowest BCUT2D eigenvalue weighted by atomic mass is 9.94. The molecule has 0 spiro atoms. The average molecular weight is 1260 g/mol. The van der Waals surface area contributed by atoms with Gasteiger partial charge in [0.15, 0.2) is 0 Å². The minimum Gasteiger partial charge on any atom is -0.481 e. The van der Waals surface area contributed by atoms with Crippen molar-refractivity contribution in [3.05, 3.63) is 71.8 Å². The number of imide groups is 1. The summed E-state index contributed by atoms with van der Waals surface area (Å²) in [7, 11) is 0. The monoisotopic (exact) mass is 1260 g/mol. The Morgan fingerprint density at radius 2 is 1.09 bits per heavy atom. The number of likely N-dealkylation sites (tertiary alicyclic amines) is 2. The smallest absolute Gasteiger partial charge is 0.326 e. The number of carbonyl (C=O) groups excluding carboxylic acids is 9. The number of nitrogens with two attached hydrogens (primary N) is 1. The average Bonchev–Trinajstić information content (AvgIpc) is 2.92. The summed E-state index contributed by atoms with van der Waals surface area (Å²) in [5.41, 5.74) is 6.83. The zero-order valence-corrected chi connectivity index (χ0v) is 50.2. The van der Waals surface area contributed by atoms with Gasteiger partial charge in [0.1, 0.15) is 54.5 Å². The summed E-state index contributed by atoms with van der Waals surface area (Å²) in [4.78, 5) is 163. The van der Waals surface area contributed by atoms with Gasteiger partial charge in [-0.2, -0.15) is 0 Å². The third kappa shape index (κ3) is 23.8. The van der Waals surface area contributed by atoms with E-state index in [0.29, 0.717) is 30.4 Å². The molecule has 0 saturated carbocycles. The fraction of sp³-hybridized carbons (Fsp3) is 0.586. The van der Waals surface area contributed by atoms with Crippen LogP contribution in [0.15, 0.2) is 60.7 Å². The number of thioether (sulfide) groups is 1. The van der Waals surface area contributed by atoms with Gasteiger partial charge in [-0.3, -0.25) is 62.5 Å². The highest BCUT2D eigenvalue weighted by molar-refractivity contribution is 8.00. The zero-order valence-electron chi connectivity index (χ0n) is 49.4. The molecule has 8 unspecified atom stereocenters. The topological polar surface area (TPSA) is 463 Å². The van der Waals surface area contributed by atoms with Crippen LogP contribution in [-0.4, -0.2) is 227 Å². The molecular weight excluding hydrogens is 1170 g/mol. The molecule has 12 atom stereocenters. The first-order chi connectivity index (χ1) is 41.7. The number of hydrogen-bond acceptors (Lipinski definition) is 19. The number of carboxylic acid groups (broad SMARTS) is 3. The van der Waals surface area contributed by atoms with Crippen molar-refractivity contribution in [1.82, 2.24) is 47.0 Å². The van der Waals surface area contributed by atoms with Crippen LogP contribution < -0.4 is 43.0 Å². The molecule has 2 heterocycles. The van der Waals surface area contributed by atoms with Gasteiger partial charge in [0.25, 0.3) is 0 Å². The second-order valence-corrected chi connectivity index (χ2v) is 23.4. The number of benzene rings is 2. The van der Waals surface area contributed by atoms with Gasteiger partial charge in [-0.1, -0.05) is 74.5 Å². The molecule has 2 fully saturated rings. The number of aliphatic hydroxyl groups is 4. The number of carbonyl (C=O) groups is 12. The highest BCUT2D eigenvalue weighted by Crippen LogP contribution is 2.27. The van der Waals surface area contributed by atoms with Gasteiger partial charge in [0.05, 0.1) is 30.4 Å². The number of carboxylic acids is 3. The quantitative estimate of drug-likeness (QED) is 0.0234. The van der Waals surface area contributed by atoms with Gasteiger partial charge in [0.2, 0.25) is 53.2 Å². The maximum absolute atomic E-state index is 14.7. The largest absolute Gasteiger partial charge is 0.481 e. The summed E-state index contributed by atoms with van der Waals surface area (Å²) in [5.74, 6) is -12.7. The van der Waals surface area contributed by atoms with E-state index in [1.165, 1.54) is 0 Å². The Balaban J connectivity index is 1.55. The Bertz CT molecular complexity index is 2710. The summed E-state index contributed by atoms with van der Waals surface area (Å²) in [6.45, 7) is 4.47. The Morgan fingerprint density at radius 1 is 0.602 bits per heavy atom. The number of rotatable bonds is 38. The van der Waals surface area contributed by atoms with Crippen molar-refractivity contribution in [1.29, 1.82) is 0 Å². The number of nitrogens with one attached hydrogen (secondary N) is 7. The summed E-state index contributed by atoms with van der Waals surface area (Å²) in [6, 6.07) is 4.92. The van der Waals surface area contributed by atoms with Crippen LogP contribution in [-0.2, 0) is 70.4 Å². The van der Waals surface area contributed by atoms with Crippen molar-refractivity contribution in [3.8, 4) is 0 Å². The van der Waals surface area contributed by atoms with Crippen LogP contribution in [0.2, 0.25) is 0 Å². The van der Waals surface area contributed by atoms with E-state index in [4.69, 9.17) is 5.73 Å². The van der Waals surface area contributed by atoms with E-state index in [0.717, 1.165) is 23.6 Å². The minimum absolute atomic E-state index is 0.0163. The highest BCUT2D eigenvalue weighted by Gasteiger charge is 2.43. The van der Waals surface area contributed by atoms with Crippen LogP contribution in [0, 0.1) is 5.92 Å². The molecule has 2 saturated heterocycles. The number of aliphatic hydroxyl groups excluding tert-OH is 4. The second-order valence-electron chi connectivity index (χ2n) is 22.2. The summed E-state index contributed by atoms with van der Waals surface area (Å²) in [5, 5.41) is 85.7. The Hall–Kier alpha value is -7.61. The number of β-amino-alcohol motifs (C(OH)–C–C–N with tert-alkyl or cyclic N) is 1. The standard InChI is InChI=1S/C58H84N10O19S/c1-32(2)24-41(58(86)87)66-52(80)37(19-20-47(73)74)62-55(83)40(27-48(75)76)65-51(79)36(18-10-11-21-59)61-53(81)38(25-34-14-6-4-7-15-34)63-54(82)39(26-35-16-8-5-9-17-35)64-56(84)42(60-33(3)70)31-88-45-28-46(72)68(57(45)85)23-13-12-22-67-29-44(71)50(78)49(77)43(67)30-69/h4-9,14-17,32,36-45,49-50,69,71,77-78H,10-13,18-31,59H2,1-3H3,(H,60,70)(H,61,81)(H,62,83)(H,63,82)(H,64,84)(H,65,79)(H,66,80)(H,73,74)(H,75,76)(H,86,87)/t36?,37?,38?,39?,40?,41?,42?,43-,44+,45?,49+,50-/m1/s1. The molecule has 4 rings (SSSR count). The van der Waals surface area contributed by atoms with Crippen LogP contribution in [0.3, 0.4) is 0 Å². The lowest BCUT2D eigenvalue weighted by Crippen LogP contribution is -2.62. The van der Waals surface area contributed by atoms with Crippen molar-refractivity contribution in [2.75, 3.05) is 38.5 Å². The fourth-order valence-electron chi connectivity index (χ4n) is 10.0. The fourth-order valence-corrected chi connectivity index (χ4v) is 11.2. The number of amides is 9. The van der Waals surface area contributed by atoms with Crippen LogP contribution in [0.25, 0.3) is 0 Å². The Kier molecular flexibility index (Phi) is 30.3. The predicted octanol–water partition coefficient (Wildman–Crippen LogP) is -3.12. The van der Waals surface area contributed by atoms with E-state index in [-0.39, 0.29) is 76.4 Å². The van der Waals surface area contributed by atoms with Crippen LogP contribution in [0.1, 0.15) is 96.1 Å². The minimum atomic E-state index is -1.96. The molecule has 88 heavy (non-hydrogen) atoms. The third-order valence-electron chi connectivity index (χ3n) is 14.7. The van der Waals surface area contributed by atoms with Crippen molar-refractivity contribution < 1.29 is 93.3 Å². The van der Waals surface area contributed by atoms with Crippen molar-refractivity contribution in [3.63, 3.8) is 0 Å². The maximum atomic E-state index is 14.7. The molecule has 2 aromatic carbocycles. The van der Waals surface area contributed by atoms with E-state index < -0.39 is 169 Å². The molecule has 9 amide bonds.